The van der Waals surface area contributed by atoms with E-state index < -0.39 is 0 Å². The van der Waals surface area contributed by atoms with Crippen molar-refractivity contribution >= 4 is 29.3 Å². The van der Waals surface area contributed by atoms with Gasteiger partial charge in [0.1, 0.15) is 0 Å². The summed E-state index contributed by atoms with van der Waals surface area (Å²) < 4.78 is 1.73. The van der Waals surface area contributed by atoms with Crippen molar-refractivity contribution in [3.63, 3.8) is 0 Å². The Balaban J connectivity index is 1.71. The van der Waals surface area contributed by atoms with Crippen LogP contribution in [0.15, 0.2) is 29.4 Å². The van der Waals surface area contributed by atoms with Crippen LogP contribution in [0.25, 0.3) is 0 Å². The third-order valence-electron chi connectivity index (χ3n) is 2.95. The lowest BCUT2D eigenvalue weighted by Crippen LogP contribution is -2.11. The van der Waals surface area contributed by atoms with Gasteiger partial charge in [-0.1, -0.05) is 23.9 Å². The van der Waals surface area contributed by atoms with E-state index in [0.29, 0.717) is 12.4 Å². The molecule has 0 saturated heterocycles. The van der Waals surface area contributed by atoms with E-state index in [0.717, 1.165) is 28.6 Å². The molecule has 112 valence electrons. The average molecular weight is 305 g/mol. The molecule has 7 heteroatoms. The van der Waals surface area contributed by atoms with Crippen molar-refractivity contribution in [2.45, 2.75) is 24.9 Å². The predicted octanol–water partition coefficient (Wildman–Crippen LogP) is 2.22. The number of nitrogen functional groups attached to an aromatic ring is 1. The van der Waals surface area contributed by atoms with Crippen LogP contribution >= 0.6 is 11.8 Å². The van der Waals surface area contributed by atoms with Crippen molar-refractivity contribution in [1.82, 2.24) is 14.8 Å². The monoisotopic (exact) mass is 305 g/mol. The molecule has 6 nitrogen and oxygen atoms in total. The first-order chi connectivity index (χ1) is 10.1. The molecular formula is C14H19N5OS. The number of aryl methyl sites for hydroxylation is 1. The molecular weight excluding hydrogens is 286 g/mol. The van der Waals surface area contributed by atoms with Crippen LogP contribution in [-0.2, 0) is 11.8 Å². The lowest BCUT2D eigenvalue weighted by Gasteiger charge is -2.06. The van der Waals surface area contributed by atoms with Crippen molar-refractivity contribution in [2.24, 2.45) is 7.05 Å². The molecule has 1 amide bonds. The maximum atomic E-state index is 11.8. The smallest absolute Gasteiger partial charge is 0.224 e. The number of benzene rings is 1. The average Bonchev–Trinajstić information content (AvgIpc) is 2.75. The molecule has 0 fully saturated rings. The highest BCUT2D eigenvalue weighted by Gasteiger charge is 2.07. The van der Waals surface area contributed by atoms with Crippen molar-refractivity contribution in [1.29, 1.82) is 0 Å². The first kappa shape index (κ1) is 15.4. The van der Waals surface area contributed by atoms with Crippen LogP contribution in [0.3, 0.4) is 0 Å². The Morgan fingerprint density at radius 3 is 2.90 bits per heavy atom. The fourth-order valence-corrected chi connectivity index (χ4v) is 2.65. The van der Waals surface area contributed by atoms with Crippen LogP contribution < -0.4 is 11.1 Å². The Morgan fingerprint density at radius 1 is 1.43 bits per heavy atom. The quantitative estimate of drug-likeness (QED) is 0.631. The van der Waals surface area contributed by atoms with Gasteiger partial charge in [0, 0.05) is 24.9 Å². The topological polar surface area (TPSA) is 85.8 Å². The van der Waals surface area contributed by atoms with E-state index >= 15 is 0 Å². The van der Waals surface area contributed by atoms with E-state index in [2.05, 4.69) is 15.5 Å². The van der Waals surface area contributed by atoms with Crippen LogP contribution in [0.2, 0.25) is 0 Å². The number of nitrogens with zero attached hydrogens (tertiary/aromatic N) is 3. The van der Waals surface area contributed by atoms with Crippen molar-refractivity contribution in [2.75, 3.05) is 16.8 Å². The molecule has 21 heavy (non-hydrogen) atoms. The van der Waals surface area contributed by atoms with Crippen LogP contribution in [0.1, 0.15) is 18.4 Å². The maximum absolute atomic E-state index is 11.8. The summed E-state index contributed by atoms with van der Waals surface area (Å²) in [7, 11) is 1.82. The van der Waals surface area contributed by atoms with E-state index in [1.807, 2.05) is 38.2 Å². The van der Waals surface area contributed by atoms with Gasteiger partial charge in [0.2, 0.25) is 11.9 Å². The second-order valence-corrected chi connectivity index (χ2v) is 5.83. The minimum absolute atomic E-state index is 0.0266. The van der Waals surface area contributed by atoms with Crippen LogP contribution in [0.5, 0.6) is 0 Å². The lowest BCUT2D eigenvalue weighted by molar-refractivity contribution is -0.116. The third kappa shape index (κ3) is 4.49. The molecule has 1 aromatic heterocycles. The second kappa shape index (κ2) is 7.12. The van der Waals surface area contributed by atoms with Gasteiger partial charge in [0.25, 0.3) is 0 Å². The van der Waals surface area contributed by atoms with Crippen molar-refractivity contribution < 1.29 is 4.79 Å². The molecule has 0 atom stereocenters. The van der Waals surface area contributed by atoms with Gasteiger partial charge >= 0.3 is 0 Å². The highest BCUT2D eigenvalue weighted by Crippen LogP contribution is 2.18. The number of thioether (sulfide) groups is 1. The van der Waals surface area contributed by atoms with Crippen LogP contribution in [-0.4, -0.2) is 26.4 Å². The lowest BCUT2D eigenvalue weighted by atomic mass is 10.2. The zero-order chi connectivity index (χ0) is 15.2. The van der Waals surface area contributed by atoms with Gasteiger partial charge in [0.05, 0.1) is 0 Å². The normalized spacial score (nSPS) is 10.6. The van der Waals surface area contributed by atoms with E-state index in [4.69, 9.17) is 5.73 Å². The minimum atomic E-state index is 0.0266. The third-order valence-corrected chi connectivity index (χ3v) is 4.06. The number of anilines is 2. The van der Waals surface area contributed by atoms with E-state index in [9.17, 15) is 4.79 Å². The summed E-state index contributed by atoms with van der Waals surface area (Å²) >= 11 is 1.55. The summed E-state index contributed by atoms with van der Waals surface area (Å²) in [5, 5.41) is 11.4. The molecule has 2 aromatic rings. The predicted molar refractivity (Wildman–Crippen MR) is 85.2 cm³/mol. The van der Waals surface area contributed by atoms with Crippen LogP contribution in [0.4, 0.5) is 11.6 Å². The molecule has 0 aliphatic heterocycles. The Morgan fingerprint density at radius 2 is 2.24 bits per heavy atom. The first-order valence-corrected chi connectivity index (χ1v) is 7.69. The van der Waals surface area contributed by atoms with Gasteiger partial charge in [0.15, 0.2) is 5.16 Å². The minimum Gasteiger partial charge on any atom is -0.368 e. The summed E-state index contributed by atoms with van der Waals surface area (Å²) in [6.07, 6.45) is 1.25. The molecule has 3 N–H and O–H groups in total. The number of carbonyl (C=O) groups excluding carboxylic acids is 1. The fourth-order valence-electron chi connectivity index (χ4n) is 1.79. The maximum Gasteiger partial charge on any atom is 0.224 e. The molecule has 0 spiro atoms. The van der Waals surface area contributed by atoms with Gasteiger partial charge in [-0.2, -0.15) is 0 Å². The summed E-state index contributed by atoms with van der Waals surface area (Å²) in [5.41, 5.74) is 7.57. The molecule has 0 aliphatic rings. The Bertz CT molecular complexity index is 626. The Hall–Kier alpha value is -2.02. The zero-order valence-electron chi connectivity index (χ0n) is 12.2. The van der Waals surface area contributed by atoms with E-state index in [1.165, 1.54) is 0 Å². The number of hydrogen-bond donors (Lipinski definition) is 2. The van der Waals surface area contributed by atoms with Crippen molar-refractivity contribution in [3.05, 3.63) is 29.8 Å². The number of aromatic nitrogens is 3. The molecule has 0 aliphatic carbocycles. The molecule has 0 bridgehead atoms. The van der Waals surface area contributed by atoms with Crippen molar-refractivity contribution in [3.8, 4) is 0 Å². The zero-order valence-corrected chi connectivity index (χ0v) is 13.0. The number of nitrogens with two attached hydrogens (primary N) is 1. The number of rotatable bonds is 6. The Labute approximate surface area is 128 Å². The largest absolute Gasteiger partial charge is 0.368 e. The summed E-state index contributed by atoms with van der Waals surface area (Å²) in [4.78, 5) is 11.8. The highest BCUT2D eigenvalue weighted by molar-refractivity contribution is 7.99. The molecule has 0 radical (unpaired) electrons. The SMILES string of the molecule is Cc1cccc(NC(=O)CCCSc2nnc(N)n2C)c1. The molecule has 1 aromatic carbocycles. The van der Waals surface area contributed by atoms with Gasteiger partial charge in [-0.05, 0) is 31.0 Å². The molecule has 1 heterocycles. The van der Waals surface area contributed by atoms with E-state index in [-0.39, 0.29) is 5.91 Å². The van der Waals surface area contributed by atoms with Gasteiger partial charge in [-0.15, -0.1) is 10.2 Å². The van der Waals surface area contributed by atoms with Gasteiger partial charge in [-0.3, -0.25) is 9.36 Å². The Kier molecular flexibility index (Phi) is 5.21. The second-order valence-electron chi connectivity index (χ2n) is 4.77. The summed E-state index contributed by atoms with van der Waals surface area (Å²) in [6.45, 7) is 2.00. The van der Waals surface area contributed by atoms with E-state index in [1.54, 1.807) is 16.3 Å². The molecule has 0 unspecified atom stereocenters. The number of carbonyl (C=O) groups is 1. The summed E-state index contributed by atoms with van der Waals surface area (Å²) in [6, 6.07) is 7.77. The van der Waals surface area contributed by atoms with Crippen LogP contribution in [0, 0.1) is 6.92 Å². The van der Waals surface area contributed by atoms with Gasteiger partial charge < -0.3 is 11.1 Å². The highest BCUT2D eigenvalue weighted by atomic mass is 32.2. The van der Waals surface area contributed by atoms with Gasteiger partial charge in [-0.25, -0.2) is 0 Å². The molecule has 2 rings (SSSR count). The number of nitrogens with one attached hydrogen (secondary N) is 1. The molecule has 0 saturated carbocycles. The fraction of sp³-hybridized carbons (Fsp3) is 0.357. The first-order valence-electron chi connectivity index (χ1n) is 6.70. The standard InChI is InChI=1S/C14H19N5OS/c1-10-5-3-6-11(9-10)16-12(20)7-4-8-21-14-18-17-13(15)19(14)2/h3,5-6,9H,4,7-8H2,1-2H3,(H2,15,17)(H,16,20). The number of hydrogen-bond acceptors (Lipinski definition) is 5. The summed E-state index contributed by atoms with van der Waals surface area (Å²) in [5.74, 6) is 1.22. The number of amides is 1.